The highest BCUT2D eigenvalue weighted by molar-refractivity contribution is 5.86. The second-order valence-electron chi connectivity index (χ2n) is 5.76. The van der Waals surface area contributed by atoms with Gasteiger partial charge < -0.3 is 10.4 Å². The van der Waals surface area contributed by atoms with Crippen LogP contribution in [0.2, 0.25) is 0 Å². The molecular formula is C16H18N2O3. The quantitative estimate of drug-likeness (QED) is 0.824. The number of carbonyl (C=O) groups is 2. The van der Waals surface area contributed by atoms with E-state index in [0.29, 0.717) is 6.54 Å². The van der Waals surface area contributed by atoms with Gasteiger partial charge in [-0.1, -0.05) is 18.2 Å². The molecule has 5 nitrogen and oxygen atoms in total. The summed E-state index contributed by atoms with van der Waals surface area (Å²) >= 11 is 0. The van der Waals surface area contributed by atoms with Crippen molar-refractivity contribution in [2.45, 2.75) is 19.4 Å². The van der Waals surface area contributed by atoms with Gasteiger partial charge in [0.15, 0.2) is 0 Å². The summed E-state index contributed by atoms with van der Waals surface area (Å²) in [6, 6.07) is 3.70. The van der Waals surface area contributed by atoms with Crippen molar-refractivity contribution in [1.29, 1.82) is 0 Å². The van der Waals surface area contributed by atoms with Crippen LogP contribution in [0.5, 0.6) is 0 Å². The van der Waals surface area contributed by atoms with Gasteiger partial charge in [0.2, 0.25) is 5.91 Å². The lowest BCUT2D eigenvalue weighted by molar-refractivity contribution is -0.153. The first-order chi connectivity index (χ1) is 10.2. The predicted octanol–water partition coefficient (Wildman–Crippen LogP) is 1.61. The number of carbonyl (C=O) groups excluding carboxylic acids is 1. The molecule has 4 atom stereocenters. The van der Waals surface area contributed by atoms with Gasteiger partial charge >= 0.3 is 5.97 Å². The molecule has 1 amide bonds. The molecule has 1 heterocycles. The number of allylic oxidation sites excluding steroid dienone is 2. The standard InChI is InChI=1S/C16H18N2O3/c19-15(18-9-10-2-1-7-17-8-10)13-11-3-5-12(6-4-11)14(13)16(20)21/h1-3,5,7-8,11-14H,4,6,9H2,(H,18,19)(H,20,21)/t11-,12+,13+,14+/m1/s1. The number of nitrogens with one attached hydrogen (secondary N) is 1. The number of aliphatic carboxylic acids is 1. The van der Waals surface area contributed by atoms with Crippen LogP contribution in [-0.2, 0) is 16.1 Å². The summed E-state index contributed by atoms with van der Waals surface area (Å²) in [4.78, 5) is 28.0. The van der Waals surface area contributed by atoms with Crippen LogP contribution < -0.4 is 5.32 Å². The first-order valence-corrected chi connectivity index (χ1v) is 7.24. The van der Waals surface area contributed by atoms with Crippen molar-refractivity contribution in [3.63, 3.8) is 0 Å². The minimum Gasteiger partial charge on any atom is -0.481 e. The van der Waals surface area contributed by atoms with Crippen LogP contribution in [0.4, 0.5) is 0 Å². The van der Waals surface area contributed by atoms with Crippen molar-refractivity contribution in [3.8, 4) is 0 Å². The van der Waals surface area contributed by atoms with E-state index in [1.54, 1.807) is 12.4 Å². The number of hydrogen-bond donors (Lipinski definition) is 2. The van der Waals surface area contributed by atoms with Gasteiger partial charge in [-0.3, -0.25) is 14.6 Å². The number of nitrogens with zero attached hydrogens (tertiary/aromatic N) is 1. The molecular weight excluding hydrogens is 268 g/mol. The minimum absolute atomic E-state index is 0.0124. The fraction of sp³-hybridized carbons (Fsp3) is 0.438. The third-order valence-electron chi connectivity index (χ3n) is 4.53. The number of carboxylic acid groups (broad SMARTS) is 1. The van der Waals surface area contributed by atoms with Gasteiger partial charge in [-0.25, -0.2) is 0 Å². The van der Waals surface area contributed by atoms with Gasteiger partial charge in [0.05, 0.1) is 11.8 Å². The summed E-state index contributed by atoms with van der Waals surface area (Å²) in [6.45, 7) is 0.386. The monoisotopic (exact) mass is 286 g/mol. The highest BCUT2D eigenvalue weighted by Crippen LogP contribution is 2.45. The number of rotatable bonds is 4. The molecule has 0 spiro atoms. The Kier molecular flexibility index (Phi) is 3.73. The summed E-state index contributed by atoms with van der Waals surface area (Å²) in [5, 5.41) is 12.3. The number of hydrogen-bond acceptors (Lipinski definition) is 3. The highest BCUT2D eigenvalue weighted by atomic mass is 16.4. The zero-order valence-corrected chi connectivity index (χ0v) is 11.6. The van der Waals surface area contributed by atoms with E-state index < -0.39 is 17.8 Å². The van der Waals surface area contributed by atoms with Crippen LogP contribution >= 0.6 is 0 Å². The average Bonchev–Trinajstić information content (AvgIpc) is 2.53. The topological polar surface area (TPSA) is 79.3 Å². The maximum absolute atomic E-state index is 12.4. The van der Waals surface area contributed by atoms with E-state index in [1.165, 1.54) is 0 Å². The lowest BCUT2D eigenvalue weighted by atomic mass is 9.62. The van der Waals surface area contributed by atoms with Crippen LogP contribution in [0.15, 0.2) is 36.7 Å². The molecule has 3 aliphatic carbocycles. The third-order valence-corrected chi connectivity index (χ3v) is 4.53. The molecule has 1 fully saturated rings. The van der Waals surface area contributed by atoms with E-state index in [1.807, 2.05) is 24.3 Å². The molecule has 1 aromatic rings. The van der Waals surface area contributed by atoms with E-state index in [9.17, 15) is 14.7 Å². The second kappa shape index (κ2) is 5.68. The fourth-order valence-corrected chi connectivity index (χ4v) is 3.50. The molecule has 0 saturated heterocycles. The Bertz CT molecular complexity index is 570. The summed E-state index contributed by atoms with van der Waals surface area (Å²) in [5.41, 5.74) is 0.911. The SMILES string of the molecule is O=C(NCc1cccnc1)[C@@H]1[C@@H](C(=O)O)[C@H]2C=C[C@@H]1CC2. The molecule has 5 heteroatoms. The normalized spacial score (nSPS) is 30.1. The summed E-state index contributed by atoms with van der Waals surface area (Å²) in [6.07, 6.45) is 9.12. The number of fused-ring (bicyclic) bond motifs is 2. The van der Waals surface area contributed by atoms with E-state index in [2.05, 4.69) is 10.3 Å². The third kappa shape index (κ3) is 2.68. The Balaban J connectivity index is 1.71. The Morgan fingerprint density at radius 3 is 2.52 bits per heavy atom. The van der Waals surface area contributed by atoms with Crippen molar-refractivity contribution < 1.29 is 14.7 Å². The zero-order valence-electron chi connectivity index (χ0n) is 11.6. The minimum atomic E-state index is -0.865. The predicted molar refractivity (Wildman–Crippen MR) is 76.1 cm³/mol. The largest absolute Gasteiger partial charge is 0.481 e. The number of carboxylic acids is 1. The van der Waals surface area contributed by atoms with Crippen LogP contribution in [0, 0.1) is 23.7 Å². The molecule has 2 bridgehead atoms. The molecule has 21 heavy (non-hydrogen) atoms. The Labute approximate surface area is 123 Å². The smallest absolute Gasteiger partial charge is 0.307 e. The second-order valence-corrected chi connectivity index (χ2v) is 5.76. The van der Waals surface area contributed by atoms with Gasteiger partial charge in [0, 0.05) is 18.9 Å². The van der Waals surface area contributed by atoms with Crippen LogP contribution in [-0.4, -0.2) is 22.0 Å². The Hall–Kier alpha value is -2.17. The number of aromatic nitrogens is 1. The van der Waals surface area contributed by atoms with Gasteiger partial charge in [0.1, 0.15) is 0 Å². The molecule has 2 N–H and O–H groups in total. The van der Waals surface area contributed by atoms with E-state index in [0.717, 1.165) is 18.4 Å². The summed E-state index contributed by atoms with van der Waals surface area (Å²) < 4.78 is 0. The lowest BCUT2D eigenvalue weighted by Crippen LogP contribution is -2.48. The van der Waals surface area contributed by atoms with Crippen LogP contribution in [0.25, 0.3) is 0 Å². The van der Waals surface area contributed by atoms with E-state index >= 15 is 0 Å². The Morgan fingerprint density at radius 2 is 1.95 bits per heavy atom. The van der Waals surface area contributed by atoms with E-state index in [4.69, 9.17) is 0 Å². The number of pyridine rings is 1. The molecule has 110 valence electrons. The zero-order chi connectivity index (χ0) is 14.8. The molecule has 1 saturated carbocycles. The molecule has 0 aliphatic heterocycles. The number of amides is 1. The van der Waals surface area contributed by atoms with Gasteiger partial charge in [-0.05, 0) is 36.3 Å². The summed E-state index contributed by atoms with van der Waals surface area (Å²) in [7, 11) is 0. The summed E-state index contributed by atoms with van der Waals surface area (Å²) in [5.74, 6) is -2.04. The maximum Gasteiger partial charge on any atom is 0.307 e. The van der Waals surface area contributed by atoms with Gasteiger partial charge in [0.25, 0.3) is 0 Å². The molecule has 0 unspecified atom stereocenters. The first-order valence-electron chi connectivity index (χ1n) is 7.24. The maximum atomic E-state index is 12.4. The van der Waals surface area contributed by atoms with Crippen molar-refractivity contribution in [3.05, 3.63) is 42.2 Å². The highest BCUT2D eigenvalue weighted by Gasteiger charge is 2.47. The van der Waals surface area contributed by atoms with Crippen molar-refractivity contribution in [2.24, 2.45) is 23.7 Å². The Morgan fingerprint density at radius 1 is 1.24 bits per heavy atom. The van der Waals surface area contributed by atoms with Crippen molar-refractivity contribution in [1.82, 2.24) is 10.3 Å². The van der Waals surface area contributed by atoms with Crippen LogP contribution in [0.1, 0.15) is 18.4 Å². The van der Waals surface area contributed by atoms with Gasteiger partial charge in [-0.15, -0.1) is 0 Å². The molecule has 3 aliphatic rings. The van der Waals surface area contributed by atoms with Crippen molar-refractivity contribution >= 4 is 11.9 Å². The molecule has 0 aromatic carbocycles. The van der Waals surface area contributed by atoms with E-state index in [-0.39, 0.29) is 17.7 Å². The van der Waals surface area contributed by atoms with Crippen molar-refractivity contribution in [2.75, 3.05) is 0 Å². The first kappa shape index (κ1) is 13.8. The molecule has 1 aromatic heterocycles. The molecule has 0 radical (unpaired) electrons. The average molecular weight is 286 g/mol. The lowest BCUT2D eigenvalue weighted by Gasteiger charge is -2.41. The molecule has 4 rings (SSSR count). The van der Waals surface area contributed by atoms with Gasteiger partial charge in [-0.2, -0.15) is 0 Å². The fourth-order valence-electron chi connectivity index (χ4n) is 3.50. The van der Waals surface area contributed by atoms with Crippen LogP contribution in [0.3, 0.4) is 0 Å².